The maximum atomic E-state index is 12.0. The highest BCUT2D eigenvalue weighted by Crippen LogP contribution is 2.21. The van der Waals surface area contributed by atoms with E-state index >= 15 is 0 Å². The number of cyclic esters (lactones) is 1. The minimum absolute atomic E-state index is 0.0197. The van der Waals surface area contributed by atoms with Crippen LogP contribution in [0.1, 0.15) is 13.8 Å². The van der Waals surface area contributed by atoms with E-state index in [0.717, 1.165) is 6.08 Å². The maximum absolute atomic E-state index is 12.0. The fraction of sp³-hybridized carbons (Fsp3) is 0.571. The zero-order chi connectivity index (χ0) is 8.48. The van der Waals surface area contributed by atoms with Gasteiger partial charge in [-0.15, -0.1) is 0 Å². The molecule has 0 N–H and O–H groups in total. The summed E-state index contributed by atoms with van der Waals surface area (Å²) in [5.74, 6) is -1.58. The molecule has 0 aromatic heterocycles. The number of halogens is 1. The van der Waals surface area contributed by atoms with Crippen molar-refractivity contribution in [2.24, 2.45) is 0 Å². The van der Waals surface area contributed by atoms with E-state index < -0.39 is 18.4 Å². The number of carbonyl (C=O) groups excluding carboxylic acids is 1. The second kappa shape index (κ2) is 2.53. The zero-order valence-electron chi connectivity index (χ0n) is 6.39. The van der Waals surface area contributed by atoms with E-state index in [4.69, 9.17) is 9.47 Å². The normalized spacial score (nSPS) is 21.7. The van der Waals surface area contributed by atoms with Crippen LogP contribution in [0.25, 0.3) is 0 Å². The Morgan fingerprint density at radius 2 is 2.18 bits per heavy atom. The number of ether oxygens (including phenoxy) is 2. The molecule has 1 aliphatic rings. The summed E-state index contributed by atoms with van der Waals surface area (Å²) in [4.78, 5) is 10.7. The van der Waals surface area contributed by atoms with Crippen molar-refractivity contribution in [2.75, 3.05) is 6.67 Å². The van der Waals surface area contributed by atoms with Gasteiger partial charge in [0.2, 0.25) is 5.79 Å². The van der Waals surface area contributed by atoms with Gasteiger partial charge >= 0.3 is 5.97 Å². The monoisotopic (exact) mass is 160 g/mol. The molecule has 4 heteroatoms. The molecule has 0 atom stereocenters. The third kappa shape index (κ3) is 1.93. The Balaban J connectivity index is 2.78. The number of allylic oxidation sites excluding steroid dienone is 1. The van der Waals surface area contributed by atoms with Crippen molar-refractivity contribution in [3.63, 3.8) is 0 Å². The molecule has 62 valence electrons. The van der Waals surface area contributed by atoms with Crippen molar-refractivity contribution in [3.8, 4) is 0 Å². The molecule has 1 heterocycles. The molecule has 0 aliphatic carbocycles. The first-order valence-electron chi connectivity index (χ1n) is 3.22. The van der Waals surface area contributed by atoms with Crippen LogP contribution < -0.4 is 0 Å². The number of alkyl halides is 1. The first-order chi connectivity index (χ1) is 5.03. The standard InChI is InChI=1S/C7H9FO3/c1-7(2)10-5(4-8)3-6(9)11-7/h3H,4H2,1-2H3. The average molecular weight is 160 g/mol. The largest absolute Gasteiger partial charge is 0.454 e. The molecular formula is C7H9FO3. The first kappa shape index (κ1) is 8.04. The summed E-state index contributed by atoms with van der Waals surface area (Å²) in [5.41, 5.74) is 0. The third-order valence-electron chi connectivity index (χ3n) is 1.13. The first-order valence-corrected chi connectivity index (χ1v) is 3.22. The van der Waals surface area contributed by atoms with Crippen molar-refractivity contribution in [1.82, 2.24) is 0 Å². The van der Waals surface area contributed by atoms with Crippen LogP contribution in [0.15, 0.2) is 11.8 Å². The number of hydrogen-bond donors (Lipinski definition) is 0. The Hall–Kier alpha value is -1.06. The summed E-state index contributed by atoms with van der Waals surface area (Å²) in [5, 5.41) is 0. The van der Waals surface area contributed by atoms with Gasteiger partial charge in [-0.25, -0.2) is 9.18 Å². The quantitative estimate of drug-likeness (QED) is 0.540. The SMILES string of the molecule is CC1(C)OC(=O)C=C(CF)O1. The van der Waals surface area contributed by atoms with Crippen LogP contribution in [-0.4, -0.2) is 18.4 Å². The molecule has 0 bridgehead atoms. The highest BCUT2D eigenvalue weighted by molar-refractivity contribution is 5.83. The maximum Gasteiger partial charge on any atom is 0.337 e. The van der Waals surface area contributed by atoms with E-state index in [-0.39, 0.29) is 5.76 Å². The van der Waals surface area contributed by atoms with Gasteiger partial charge in [-0.1, -0.05) is 0 Å². The third-order valence-corrected chi connectivity index (χ3v) is 1.13. The van der Waals surface area contributed by atoms with Gasteiger partial charge in [0, 0.05) is 13.8 Å². The van der Waals surface area contributed by atoms with E-state index in [2.05, 4.69) is 0 Å². The van der Waals surface area contributed by atoms with Gasteiger partial charge in [-0.05, 0) is 0 Å². The number of esters is 1. The molecule has 11 heavy (non-hydrogen) atoms. The Bertz CT molecular complexity index is 208. The average Bonchev–Trinajstić information content (AvgIpc) is 1.83. The number of rotatable bonds is 1. The molecule has 0 fully saturated rings. The lowest BCUT2D eigenvalue weighted by Crippen LogP contribution is -2.34. The lowest BCUT2D eigenvalue weighted by Gasteiger charge is -2.29. The van der Waals surface area contributed by atoms with Gasteiger partial charge in [0.15, 0.2) is 0 Å². The summed E-state index contributed by atoms with van der Waals surface area (Å²) in [6.07, 6.45) is 1.01. The Kier molecular flexibility index (Phi) is 1.85. The van der Waals surface area contributed by atoms with Gasteiger partial charge in [0.05, 0.1) is 6.08 Å². The molecule has 0 unspecified atom stereocenters. The predicted octanol–water partition coefficient (Wildman–Crippen LogP) is 1.15. The van der Waals surface area contributed by atoms with Crippen molar-refractivity contribution >= 4 is 5.97 Å². The van der Waals surface area contributed by atoms with Crippen LogP contribution in [0.2, 0.25) is 0 Å². The van der Waals surface area contributed by atoms with Crippen molar-refractivity contribution in [1.29, 1.82) is 0 Å². The zero-order valence-corrected chi connectivity index (χ0v) is 6.39. The van der Waals surface area contributed by atoms with E-state index in [1.54, 1.807) is 13.8 Å². The molecule has 1 rings (SSSR count). The molecule has 3 nitrogen and oxygen atoms in total. The second-order valence-corrected chi connectivity index (χ2v) is 2.67. The Morgan fingerprint density at radius 3 is 2.64 bits per heavy atom. The molecule has 0 spiro atoms. The van der Waals surface area contributed by atoms with Gasteiger partial charge in [-0.2, -0.15) is 0 Å². The second-order valence-electron chi connectivity index (χ2n) is 2.67. The lowest BCUT2D eigenvalue weighted by molar-refractivity contribution is -0.206. The molecule has 0 aromatic carbocycles. The van der Waals surface area contributed by atoms with Gasteiger partial charge in [0.25, 0.3) is 0 Å². The fourth-order valence-electron chi connectivity index (χ4n) is 0.835. The summed E-state index contributed by atoms with van der Waals surface area (Å²) in [6.45, 7) is 2.32. The van der Waals surface area contributed by atoms with Gasteiger partial charge < -0.3 is 9.47 Å². The van der Waals surface area contributed by atoms with Crippen molar-refractivity contribution in [2.45, 2.75) is 19.6 Å². The number of carbonyl (C=O) groups is 1. The van der Waals surface area contributed by atoms with E-state index in [1.165, 1.54) is 0 Å². The molecule has 0 radical (unpaired) electrons. The minimum atomic E-state index is -1.03. The smallest absolute Gasteiger partial charge is 0.337 e. The summed E-state index contributed by atoms with van der Waals surface area (Å²) in [6, 6.07) is 0. The van der Waals surface area contributed by atoms with E-state index in [9.17, 15) is 9.18 Å². The van der Waals surface area contributed by atoms with Crippen LogP contribution in [0.4, 0.5) is 4.39 Å². The van der Waals surface area contributed by atoms with E-state index in [1.807, 2.05) is 0 Å². The van der Waals surface area contributed by atoms with Crippen LogP contribution in [0.5, 0.6) is 0 Å². The summed E-state index contributed by atoms with van der Waals surface area (Å²) < 4.78 is 21.6. The highest BCUT2D eigenvalue weighted by Gasteiger charge is 2.29. The van der Waals surface area contributed by atoms with Crippen LogP contribution in [0.3, 0.4) is 0 Å². The summed E-state index contributed by atoms with van der Waals surface area (Å²) in [7, 11) is 0. The highest BCUT2D eigenvalue weighted by atomic mass is 19.1. The van der Waals surface area contributed by atoms with Crippen LogP contribution in [0, 0.1) is 0 Å². The lowest BCUT2D eigenvalue weighted by atomic mass is 10.3. The fourth-order valence-corrected chi connectivity index (χ4v) is 0.835. The van der Waals surface area contributed by atoms with Crippen LogP contribution in [-0.2, 0) is 14.3 Å². The van der Waals surface area contributed by atoms with Crippen molar-refractivity contribution in [3.05, 3.63) is 11.8 Å². The molecule has 0 aromatic rings. The van der Waals surface area contributed by atoms with E-state index in [0.29, 0.717) is 0 Å². The van der Waals surface area contributed by atoms with Gasteiger partial charge in [-0.3, -0.25) is 0 Å². The molecule has 0 saturated carbocycles. The molecular weight excluding hydrogens is 151 g/mol. The van der Waals surface area contributed by atoms with Crippen molar-refractivity contribution < 1.29 is 18.7 Å². The Morgan fingerprint density at radius 1 is 1.55 bits per heavy atom. The minimum Gasteiger partial charge on any atom is -0.454 e. The molecule has 0 amide bonds. The molecule has 0 saturated heterocycles. The molecule has 1 aliphatic heterocycles. The summed E-state index contributed by atoms with van der Waals surface area (Å²) >= 11 is 0. The predicted molar refractivity (Wildman–Crippen MR) is 35.3 cm³/mol. The van der Waals surface area contributed by atoms with Crippen LogP contribution >= 0.6 is 0 Å². The topological polar surface area (TPSA) is 35.5 Å². The number of hydrogen-bond acceptors (Lipinski definition) is 3. The van der Waals surface area contributed by atoms with Gasteiger partial charge in [0.1, 0.15) is 12.4 Å². The Labute approximate surface area is 63.8 Å².